The van der Waals surface area contributed by atoms with Crippen molar-refractivity contribution < 1.29 is 9.47 Å². The normalized spacial score (nSPS) is 16.8. The molecule has 3 heteroatoms. The molecule has 106 valence electrons. The Hall–Kier alpha value is -1.22. The smallest absolute Gasteiger partial charge is 0.123 e. The SMILES string of the molecule is Cc1cc(OCC2CCOCC2)c(C(C)C)cc1N. The highest BCUT2D eigenvalue weighted by molar-refractivity contribution is 5.55. The molecule has 0 aromatic heterocycles. The predicted molar refractivity (Wildman–Crippen MR) is 78.7 cm³/mol. The monoisotopic (exact) mass is 263 g/mol. The van der Waals surface area contributed by atoms with E-state index in [0.29, 0.717) is 11.8 Å². The molecule has 0 saturated carbocycles. The summed E-state index contributed by atoms with van der Waals surface area (Å²) in [7, 11) is 0. The minimum atomic E-state index is 0.424. The van der Waals surface area contributed by atoms with Gasteiger partial charge in [-0.3, -0.25) is 0 Å². The van der Waals surface area contributed by atoms with Crippen LogP contribution in [0.15, 0.2) is 12.1 Å². The van der Waals surface area contributed by atoms with Gasteiger partial charge in [0.25, 0.3) is 0 Å². The molecular weight excluding hydrogens is 238 g/mol. The third kappa shape index (κ3) is 3.63. The molecule has 3 nitrogen and oxygen atoms in total. The van der Waals surface area contributed by atoms with E-state index in [0.717, 1.165) is 49.7 Å². The first-order chi connectivity index (χ1) is 9.08. The summed E-state index contributed by atoms with van der Waals surface area (Å²) >= 11 is 0. The van der Waals surface area contributed by atoms with E-state index in [9.17, 15) is 0 Å². The van der Waals surface area contributed by atoms with Crippen molar-refractivity contribution >= 4 is 5.69 Å². The van der Waals surface area contributed by atoms with Crippen molar-refractivity contribution in [2.24, 2.45) is 5.92 Å². The van der Waals surface area contributed by atoms with Crippen LogP contribution in [0.5, 0.6) is 5.75 Å². The molecule has 0 spiro atoms. The molecule has 1 aromatic carbocycles. The highest BCUT2D eigenvalue weighted by Gasteiger charge is 2.16. The summed E-state index contributed by atoms with van der Waals surface area (Å²) in [5.74, 6) is 2.03. The molecule has 0 atom stereocenters. The van der Waals surface area contributed by atoms with Crippen LogP contribution >= 0.6 is 0 Å². The predicted octanol–water partition coefficient (Wildman–Crippen LogP) is 3.51. The van der Waals surface area contributed by atoms with E-state index >= 15 is 0 Å². The number of aryl methyl sites for hydroxylation is 1. The standard InChI is InChI=1S/C16H25NO2/c1-11(2)14-9-15(17)12(3)8-16(14)19-10-13-4-6-18-7-5-13/h8-9,11,13H,4-7,10,17H2,1-3H3. The van der Waals surface area contributed by atoms with Crippen LogP contribution in [0.4, 0.5) is 5.69 Å². The van der Waals surface area contributed by atoms with E-state index in [2.05, 4.69) is 26.0 Å². The van der Waals surface area contributed by atoms with Gasteiger partial charge in [-0.15, -0.1) is 0 Å². The van der Waals surface area contributed by atoms with Gasteiger partial charge in [-0.2, -0.15) is 0 Å². The maximum atomic E-state index is 6.06. The van der Waals surface area contributed by atoms with Gasteiger partial charge in [-0.05, 0) is 54.9 Å². The van der Waals surface area contributed by atoms with Crippen molar-refractivity contribution in [3.05, 3.63) is 23.3 Å². The Bertz CT molecular complexity index is 423. The van der Waals surface area contributed by atoms with Gasteiger partial charge in [-0.25, -0.2) is 0 Å². The molecule has 1 fully saturated rings. The average Bonchev–Trinajstić information content (AvgIpc) is 2.40. The summed E-state index contributed by atoms with van der Waals surface area (Å²) in [5.41, 5.74) is 9.14. The Morgan fingerprint density at radius 1 is 1.32 bits per heavy atom. The zero-order valence-corrected chi connectivity index (χ0v) is 12.2. The van der Waals surface area contributed by atoms with E-state index in [4.69, 9.17) is 15.2 Å². The Kier molecular flexibility index (Phi) is 4.70. The van der Waals surface area contributed by atoms with E-state index in [1.807, 2.05) is 6.92 Å². The van der Waals surface area contributed by atoms with Crippen molar-refractivity contribution in [3.63, 3.8) is 0 Å². The number of rotatable bonds is 4. The van der Waals surface area contributed by atoms with Crippen molar-refractivity contribution in [2.45, 2.75) is 39.5 Å². The minimum absolute atomic E-state index is 0.424. The zero-order valence-electron chi connectivity index (χ0n) is 12.2. The fraction of sp³-hybridized carbons (Fsp3) is 0.625. The Labute approximate surface area is 116 Å². The third-order valence-electron chi connectivity index (χ3n) is 3.84. The molecule has 1 heterocycles. The van der Waals surface area contributed by atoms with Crippen LogP contribution < -0.4 is 10.5 Å². The molecule has 0 radical (unpaired) electrons. The van der Waals surface area contributed by atoms with E-state index in [1.165, 1.54) is 5.56 Å². The van der Waals surface area contributed by atoms with Gasteiger partial charge in [0.05, 0.1) is 6.61 Å². The van der Waals surface area contributed by atoms with Crippen molar-refractivity contribution in [1.29, 1.82) is 0 Å². The largest absolute Gasteiger partial charge is 0.493 e. The van der Waals surface area contributed by atoms with Gasteiger partial charge in [0, 0.05) is 18.9 Å². The number of hydrogen-bond donors (Lipinski definition) is 1. The van der Waals surface area contributed by atoms with Gasteiger partial charge < -0.3 is 15.2 Å². The molecule has 0 aliphatic carbocycles. The van der Waals surface area contributed by atoms with Gasteiger partial charge >= 0.3 is 0 Å². The van der Waals surface area contributed by atoms with Gasteiger partial charge in [0.15, 0.2) is 0 Å². The molecule has 0 amide bonds. The lowest BCUT2D eigenvalue weighted by molar-refractivity contribution is 0.0496. The lowest BCUT2D eigenvalue weighted by Gasteiger charge is -2.23. The summed E-state index contributed by atoms with van der Waals surface area (Å²) in [4.78, 5) is 0. The van der Waals surface area contributed by atoms with Crippen LogP contribution in [-0.4, -0.2) is 19.8 Å². The second-order valence-corrected chi connectivity index (χ2v) is 5.77. The van der Waals surface area contributed by atoms with Crippen molar-refractivity contribution in [3.8, 4) is 5.75 Å². The van der Waals surface area contributed by atoms with E-state index in [1.54, 1.807) is 0 Å². The Balaban J connectivity index is 2.07. The van der Waals surface area contributed by atoms with Crippen molar-refractivity contribution in [2.75, 3.05) is 25.6 Å². The first-order valence-electron chi connectivity index (χ1n) is 7.18. The molecule has 19 heavy (non-hydrogen) atoms. The van der Waals surface area contributed by atoms with Crippen LogP contribution in [0.2, 0.25) is 0 Å². The average molecular weight is 263 g/mol. The first kappa shape index (κ1) is 14.2. The van der Waals surface area contributed by atoms with Crippen LogP contribution in [-0.2, 0) is 4.74 Å². The van der Waals surface area contributed by atoms with Crippen LogP contribution in [0.1, 0.15) is 43.7 Å². The molecule has 2 rings (SSSR count). The van der Waals surface area contributed by atoms with E-state index < -0.39 is 0 Å². The van der Waals surface area contributed by atoms with E-state index in [-0.39, 0.29) is 0 Å². The number of anilines is 1. The van der Waals surface area contributed by atoms with Crippen molar-refractivity contribution in [1.82, 2.24) is 0 Å². The fourth-order valence-electron chi connectivity index (χ4n) is 2.41. The van der Waals surface area contributed by atoms with Gasteiger partial charge in [0.2, 0.25) is 0 Å². The zero-order chi connectivity index (χ0) is 13.8. The maximum absolute atomic E-state index is 6.06. The number of hydrogen-bond acceptors (Lipinski definition) is 3. The molecule has 1 aliphatic heterocycles. The second kappa shape index (κ2) is 6.29. The minimum Gasteiger partial charge on any atom is -0.493 e. The summed E-state index contributed by atoms with van der Waals surface area (Å²) in [6, 6.07) is 4.13. The lowest BCUT2D eigenvalue weighted by Crippen LogP contribution is -2.21. The third-order valence-corrected chi connectivity index (χ3v) is 3.84. The topological polar surface area (TPSA) is 44.5 Å². The molecule has 1 aliphatic rings. The summed E-state index contributed by atoms with van der Waals surface area (Å²) in [6.07, 6.45) is 2.20. The summed E-state index contributed by atoms with van der Waals surface area (Å²) < 4.78 is 11.4. The molecule has 1 saturated heterocycles. The van der Waals surface area contributed by atoms with Gasteiger partial charge in [0.1, 0.15) is 5.75 Å². The lowest BCUT2D eigenvalue weighted by atomic mass is 9.98. The van der Waals surface area contributed by atoms with Crippen LogP contribution in [0.25, 0.3) is 0 Å². The summed E-state index contributed by atoms with van der Waals surface area (Å²) in [5, 5.41) is 0. The number of nitrogen functional groups attached to an aromatic ring is 1. The highest BCUT2D eigenvalue weighted by atomic mass is 16.5. The Morgan fingerprint density at radius 2 is 2.00 bits per heavy atom. The molecule has 2 N–H and O–H groups in total. The number of ether oxygens (including phenoxy) is 2. The first-order valence-corrected chi connectivity index (χ1v) is 7.18. The Morgan fingerprint density at radius 3 is 2.63 bits per heavy atom. The quantitative estimate of drug-likeness (QED) is 0.845. The molecule has 1 aromatic rings. The maximum Gasteiger partial charge on any atom is 0.123 e. The molecule has 0 bridgehead atoms. The highest BCUT2D eigenvalue weighted by Crippen LogP contribution is 2.31. The number of nitrogens with two attached hydrogens (primary N) is 1. The fourth-order valence-corrected chi connectivity index (χ4v) is 2.41. The van der Waals surface area contributed by atoms with Gasteiger partial charge in [-0.1, -0.05) is 13.8 Å². The summed E-state index contributed by atoms with van der Waals surface area (Å²) in [6.45, 7) is 8.89. The second-order valence-electron chi connectivity index (χ2n) is 5.77. The van der Waals surface area contributed by atoms with Crippen LogP contribution in [0, 0.1) is 12.8 Å². The molecular formula is C16H25NO2. The van der Waals surface area contributed by atoms with Crippen LogP contribution in [0.3, 0.4) is 0 Å². The molecule has 0 unspecified atom stereocenters. The number of benzene rings is 1.